The van der Waals surface area contributed by atoms with Gasteiger partial charge in [-0.3, -0.25) is 9.59 Å². The summed E-state index contributed by atoms with van der Waals surface area (Å²) in [4.78, 5) is 38.7. The number of carbonyl (C=O) groups excluding carboxylic acids is 2. The van der Waals surface area contributed by atoms with Crippen molar-refractivity contribution in [1.29, 1.82) is 0 Å². The van der Waals surface area contributed by atoms with Crippen LogP contribution in [0.2, 0.25) is 0 Å². The van der Waals surface area contributed by atoms with Crippen LogP contribution in [0, 0.1) is 11.8 Å². The minimum Gasteiger partial charge on any atom is -0.481 e. The maximum atomic E-state index is 13.3. The Kier molecular flexibility index (Phi) is 7.73. The van der Waals surface area contributed by atoms with Crippen molar-refractivity contribution in [3.05, 3.63) is 59.7 Å². The third-order valence-electron chi connectivity index (χ3n) is 7.32. The lowest BCUT2D eigenvalue weighted by Crippen LogP contribution is -2.49. The molecule has 4 rings (SSSR count). The minimum absolute atomic E-state index is 0.0235. The summed E-state index contributed by atoms with van der Waals surface area (Å²) in [7, 11) is 0. The van der Waals surface area contributed by atoms with Gasteiger partial charge in [0.2, 0.25) is 5.91 Å². The molecule has 2 amide bonds. The number of nitrogens with zero attached hydrogens (tertiary/aromatic N) is 1. The molecule has 2 aliphatic rings. The molecule has 2 aromatic rings. The largest absolute Gasteiger partial charge is 0.481 e. The molecule has 2 aliphatic carbocycles. The molecule has 7 nitrogen and oxygen atoms in total. The van der Waals surface area contributed by atoms with E-state index >= 15 is 0 Å². The van der Waals surface area contributed by atoms with Gasteiger partial charge in [0.25, 0.3) is 0 Å². The van der Waals surface area contributed by atoms with Crippen LogP contribution >= 0.6 is 0 Å². The van der Waals surface area contributed by atoms with Crippen LogP contribution in [0.25, 0.3) is 11.1 Å². The fraction of sp³-hybridized carbons (Fsp3) is 0.464. The van der Waals surface area contributed by atoms with Crippen LogP contribution in [0.15, 0.2) is 48.5 Å². The van der Waals surface area contributed by atoms with Gasteiger partial charge in [-0.15, -0.1) is 0 Å². The number of nitrogens with one attached hydrogen (secondary N) is 1. The summed E-state index contributed by atoms with van der Waals surface area (Å²) in [5, 5.41) is 11.9. The summed E-state index contributed by atoms with van der Waals surface area (Å²) in [5.74, 6) is -1.22. The van der Waals surface area contributed by atoms with E-state index in [9.17, 15) is 14.4 Å². The van der Waals surface area contributed by atoms with Crippen molar-refractivity contribution < 1.29 is 24.2 Å². The molecular formula is C28H34N2O5. The topological polar surface area (TPSA) is 95.9 Å². The second-order valence-corrected chi connectivity index (χ2v) is 9.77. The van der Waals surface area contributed by atoms with Gasteiger partial charge in [0.1, 0.15) is 6.61 Å². The van der Waals surface area contributed by atoms with Crippen molar-refractivity contribution in [3.63, 3.8) is 0 Å². The Balaban J connectivity index is 1.37. The third-order valence-corrected chi connectivity index (χ3v) is 7.32. The second kappa shape index (κ2) is 10.9. The Morgan fingerprint density at radius 1 is 1.03 bits per heavy atom. The number of fused-ring (bicyclic) bond motifs is 3. The summed E-state index contributed by atoms with van der Waals surface area (Å²) in [6.45, 7) is 4.35. The lowest BCUT2D eigenvalue weighted by atomic mass is 9.75. The van der Waals surface area contributed by atoms with E-state index < -0.39 is 12.1 Å². The fourth-order valence-electron chi connectivity index (χ4n) is 5.19. The predicted molar refractivity (Wildman–Crippen MR) is 133 cm³/mol. The van der Waals surface area contributed by atoms with Gasteiger partial charge in [-0.2, -0.15) is 0 Å². The van der Waals surface area contributed by atoms with E-state index in [4.69, 9.17) is 9.84 Å². The first-order chi connectivity index (χ1) is 16.9. The van der Waals surface area contributed by atoms with E-state index in [1.54, 1.807) is 4.90 Å². The van der Waals surface area contributed by atoms with Crippen molar-refractivity contribution in [3.8, 4) is 11.1 Å². The average molecular weight is 479 g/mol. The molecule has 1 unspecified atom stereocenters. The summed E-state index contributed by atoms with van der Waals surface area (Å²) < 4.78 is 5.64. The van der Waals surface area contributed by atoms with Gasteiger partial charge in [-0.05, 0) is 54.9 Å². The van der Waals surface area contributed by atoms with Gasteiger partial charge in [0.05, 0.1) is 12.3 Å². The lowest BCUT2D eigenvalue weighted by Gasteiger charge is -2.37. The SMILES string of the molecule is CC(C)N(CCC(=O)O)C(=O)C(CNC(=O)OCC1c2ccccc2-c2ccccc21)C1CCC1. The monoisotopic (exact) mass is 478 g/mol. The highest BCUT2D eigenvalue weighted by Gasteiger charge is 2.36. The smallest absolute Gasteiger partial charge is 0.407 e. The first-order valence-corrected chi connectivity index (χ1v) is 12.5. The standard InChI is InChI=1S/C28H34N2O5/c1-18(2)30(15-14-26(31)32)27(33)24(19-8-7-9-19)16-29-28(34)35-17-25-22-12-5-3-10-20(22)21-11-4-6-13-23(21)25/h3-6,10-13,18-19,24-25H,7-9,14-17H2,1-2H3,(H,29,34)(H,31,32). The number of benzene rings is 2. The molecule has 0 aromatic heterocycles. The summed E-state index contributed by atoms with van der Waals surface area (Å²) >= 11 is 0. The molecule has 1 saturated carbocycles. The molecule has 35 heavy (non-hydrogen) atoms. The van der Waals surface area contributed by atoms with Crippen LogP contribution in [0.3, 0.4) is 0 Å². The highest BCUT2D eigenvalue weighted by atomic mass is 16.5. The van der Waals surface area contributed by atoms with Crippen molar-refractivity contribution in [2.45, 2.75) is 51.5 Å². The summed E-state index contributed by atoms with van der Waals surface area (Å²) in [6.07, 6.45) is 2.31. The van der Waals surface area contributed by atoms with Crippen LogP contribution in [-0.2, 0) is 14.3 Å². The Morgan fingerprint density at radius 2 is 1.63 bits per heavy atom. The fourth-order valence-corrected chi connectivity index (χ4v) is 5.19. The van der Waals surface area contributed by atoms with Crippen molar-refractivity contribution >= 4 is 18.0 Å². The van der Waals surface area contributed by atoms with Crippen LogP contribution < -0.4 is 5.32 Å². The molecule has 1 fully saturated rings. The van der Waals surface area contributed by atoms with Gasteiger partial charge >= 0.3 is 12.1 Å². The van der Waals surface area contributed by atoms with E-state index in [-0.39, 0.29) is 55.8 Å². The Bertz CT molecular complexity index is 1030. The third kappa shape index (κ3) is 5.50. The van der Waals surface area contributed by atoms with Gasteiger partial charge < -0.3 is 20.1 Å². The van der Waals surface area contributed by atoms with E-state index in [2.05, 4.69) is 29.6 Å². The number of hydrogen-bond acceptors (Lipinski definition) is 4. The average Bonchev–Trinajstić information content (AvgIpc) is 3.12. The second-order valence-electron chi connectivity index (χ2n) is 9.77. The van der Waals surface area contributed by atoms with E-state index in [0.29, 0.717) is 0 Å². The maximum Gasteiger partial charge on any atom is 0.407 e. The molecule has 0 radical (unpaired) electrons. The molecule has 0 saturated heterocycles. The normalized spacial score (nSPS) is 15.6. The van der Waals surface area contributed by atoms with Gasteiger partial charge in [0.15, 0.2) is 0 Å². The van der Waals surface area contributed by atoms with Gasteiger partial charge in [0, 0.05) is 25.0 Å². The number of hydrogen-bond donors (Lipinski definition) is 2. The number of carbonyl (C=O) groups is 3. The first kappa shape index (κ1) is 24.8. The van der Waals surface area contributed by atoms with E-state index in [1.807, 2.05) is 38.1 Å². The summed E-state index contributed by atoms with van der Waals surface area (Å²) in [5.41, 5.74) is 4.64. The van der Waals surface area contributed by atoms with Crippen LogP contribution in [-0.4, -0.2) is 53.7 Å². The molecule has 1 atom stereocenters. The van der Waals surface area contributed by atoms with Crippen molar-refractivity contribution in [1.82, 2.24) is 10.2 Å². The predicted octanol–water partition coefficient (Wildman–Crippen LogP) is 4.65. The zero-order chi connectivity index (χ0) is 24.9. The van der Waals surface area contributed by atoms with E-state index in [0.717, 1.165) is 30.4 Å². The van der Waals surface area contributed by atoms with Crippen LogP contribution in [0.1, 0.15) is 56.6 Å². The van der Waals surface area contributed by atoms with Crippen LogP contribution in [0.5, 0.6) is 0 Å². The van der Waals surface area contributed by atoms with Crippen LogP contribution in [0.4, 0.5) is 4.79 Å². The number of ether oxygens (including phenoxy) is 1. The minimum atomic E-state index is -0.930. The highest BCUT2D eigenvalue weighted by Crippen LogP contribution is 2.44. The molecule has 0 spiro atoms. The Hall–Kier alpha value is -3.35. The molecular weight excluding hydrogens is 444 g/mol. The molecule has 0 heterocycles. The Labute approximate surface area is 206 Å². The molecule has 2 aromatic carbocycles. The quantitative estimate of drug-likeness (QED) is 0.518. The van der Waals surface area contributed by atoms with Crippen molar-refractivity contribution in [2.24, 2.45) is 11.8 Å². The zero-order valence-corrected chi connectivity index (χ0v) is 20.4. The Morgan fingerprint density at radius 3 is 2.14 bits per heavy atom. The molecule has 7 heteroatoms. The molecule has 186 valence electrons. The number of rotatable bonds is 10. The van der Waals surface area contributed by atoms with Crippen molar-refractivity contribution in [2.75, 3.05) is 19.7 Å². The highest BCUT2D eigenvalue weighted by molar-refractivity contribution is 5.81. The number of alkyl carbamates (subject to hydrolysis) is 1. The first-order valence-electron chi connectivity index (χ1n) is 12.5. The number of aliphatic carboxylic acids is 1. The summed E-state index contributed by atoms with van der Waals surface area (Å²) in [6, 6.07) is 16.2. The van der Waals surface area contributed by atoms with E-state index in [1.165, 1.54) is 11.1 Å². The van der Waals surface area contributed by atoms with Gasteiger partial charge in [-0.1, -0.05) is 55.0 Å². The number of carboxylic acid groups (broad SMARTS) is 1. The number of carboxylic acids is 1. The molecule has 0 aliphatic heterocycles. The zero-order valence-electron chi connectivity index (χ0n) is 20.4. The molecule has 0 bridgehead atoms. The lowest BCUT2D eigenvalue weighted by molar-refractivity contribution is -0.142. The maximum absolute atomic E-state index is 13.3. The number of amides is 2. The molecule has 2 N–H and O–H groups in total. The van der Waals surface area contributed by atoms with Gasteiger partial charge in [-0.25, -0.2) is 4.79 Å².